The molecule has 5 nitrogen and oxygen atoms in total. The second kappa shape index (κ2) is 5.37. The zero-order valence-electron chi connectivity index (χ0n) is 11.6. The fourth-order valence-corrected chi connectivity index (χ4v) is 3.17. The zero-order valence-corrected chi connectivity index (χ0v) is 12.4. The molecule has 1 aromatic rings. The third-order valence-corrected chi connectivity index (χ3v) is 4.35. The minimum atomic E-state index is -0.541. The number of carbonyl (C=O) groups is 1. The molecule has 0 spiro atoms. The van der Waals surface area contributed by atoms with E-state index in [4.69, 9.17) is 16.3 Å². The van der Waals surface area contributed by atoms with Crippen molar-refractivity contribution in [2.75, 3.05) is 6.61 Å². The summed E-state index contributed by atoms with van der Waals surface area (Å²) in [5, 5.41) is 8.41. The number of ether oxygens (including phenoxy) is 1. The molecule has 2 saturated carbocycles. The van der Waals surface area contributed by atoms with Crippen LogP contribution in [-0.4, -0.2) is 33.9 Å². The van der Waals surface area contributed by atoms with Crippen molar-refractivity contribution in [3.63, 3.8) is 0 Å². The number of hydrogen-bond acceptors (Lipinski definition) is 4. The third-order valence-electron chi connectivity index (χ3n) is 4.16. The van der Waals surface area contributed by atoms with Crippen LogP contribution in [-0.2, 0) is 9.53 Å². The van der Waals surface area contributed by atoms with Gasteiger partial charge < -0.3 is 4.74 Å². The molecule has 1 N–H and O–H groups in total. The van der Waals surface area contributed by atoms with Crippen LogP contribution in [0.4, 0.5) is 0 Å². The Hall–Kier alpha value is -1.07. The second-order valence-corrected chi connectivity index (χ2v) is 6.19. The molecule has 6 heteroatoms. The summed E-state index contributed by atoms with van der Waals surface area (Å²) in [5.41, 5.74) is -0.541. The van der Waals surface area contributed by atoms with Gasteiger partial charge in [0.2, 0.25) is 0 Å². The maximum absolute atomic E-state index is 12.4. The molecule has 3 rings (SSSR count). The van der Waals surface area contributed by atoms with E-state index >= 15 is 0 Å². The van der Waals surface area contributed by atoms with Crippen molar-refractivity contribution in [3.8, 4) is 0 Å². The van der Waals surface area contributed by atoms with Crippen molar-refractivity contribution < 1.29 is 9.53 Å². The fourth-order valence-electron chi connectivity index (χ4n) is 3.02. The summed E-state index contributed by atoms with van der Waals surface area (Å²) in [6.45, 7) is 2.27. The number of aromatic nitrogens is 2. The average Bonchev–Trinajstić information content (AvgIpc) is 2.95. The maximum atomic E-state index is 12.4. The lowest BCUT2D eigenvalue weighted by molar-refractivity contribution is -0.151. The van der Waals surface area contributed by atoms with Gasteiger partial charge in [-0.2, -0.15) is 5.10 Å². The SMILES string of the molecule is CCOC(=O)C1(NC2CC2)CCC(n2cc(Cl)cn2)C1. The van der Waals surface area contributed by atoms with Gasteiger partial charge in [0.25, 0.3) is 0 Å². The average molecular weight is 298 g/mol. The van der Waals surface area contributed by atoms with Gasteiger partial charge >= 0.3 is 5.97 Å². The first kappa shape index (κ1) is 13.9. The van der Waals surface area contributed by atoms with Gasteiger partial charge in [-0.1, -0.05) is 11.6 Å². The first-order valence-corrected chi connectivity index (χ1v) is 7.65. The van der Waals surface area contributed by atoms with E-state index in [0.29, 0.717) is 17.7 Å². The van der Waals surface area contributed by atoms with Crippen molar-refractivity contribution in [1.82, 2.24) is 15.1 Å². The molecule has 2 aliphatic carbocycles. The van der Waals surface area contributed by atoms with E-state index < -0.39 is 5.54 Å². The summed E-state index contributed by atoms with van der Waals surface area (Å²) in [6, 6.07) is 0.678. The van der Waals surface area contributed by atoms with E-state index in [0.717, 1.165) is 32.1 Å². The summed E-state index contributed by atoms with van der Waals surface area (Å²) < 4.78 is 7.16. The monoisotopic (exact) mass is 297 g/mol. The Morgan fingerprint density at radius 1 is 1.60 bits per heavy atom. The van der Waals surface area contributed by atoms with Crippen LogP contribution in [0.2, 0.25) is 5.02 Å². The Labute approximate surface area is 123 Å². The zero-order chi connectivity index (χ0) is 14.2. The van der Waals surface area contributed by atoms with Gasteiger partial charge in [0.05, 0.1) is 23.9 Å². The summed E-state index contributed by atoms with van der Waals surface area (Å²) in [5.74, 6) is -0.118. The first-order chi connectivity index (χ1) is 9.63. The van der Waals surface area contributed by atoms with Gasteiger partial charge in [0.15, 0.2) is 0 Å². The summed E-state index contributed by atoms with van der Waals surface area (Å²) in [6.07, 6.45) is 8.20. The van der Waals surface area contributed by atoms with Crippen LogP contribution >= 0.6 is 11.6 Å². The number of carbonyl (C=O) groups excluding carboxylic acids is 1. The number of rotatable bonds is 5. The van der Waals surface area contributed by atoms with Crippen LogP contribution < -0.4 is 5.32 Å². The standard InChI is InChI=1S/C14H20ClN3O2/c1-2-20-13(19)14(17-11-3-4-11)6-5-12(7-14)18-9-10(15)8-16-18/h8-9,11-12,17H,2-7H2,1H3. The van der Waals surface area contributed by atoms with E-state index in [1.165, 1.54) is 0 Å². The minimum absolute atomic E-state index is 0.118. The fraction of sp³-hybridized carbons (Fsp3) is 0.714. The molecule has 20 heavy (non-hydrogen) atoms. The molecule has 1 heterocycles. The van der Waals surface area contributed by atoms with Crippen LogP contribution in [0.15, 0.2) is 12.4 Å². The van der Waals surface area contributed by atoms with Gasteiger partial charge in [-0.25, -0.2) is 0 Å². The lowest BCUT2D eigenvalue weighted by Gasteiger charge is -2.28. The van der Waals surface area contributed by atoms with Crippen molar-refractivity contribution >= 4 is 17.6 Å². The van der Waals surface area contributed by atoms with Gasteiger partial charge in [0, 0.05) is 12.2 Å². The maximum Gasteiger partial charge on any atom is 0.326 e. The van der Waals surface area contributed by atoms with Crippen LogP contribution in [0.3, 0.4) is 0 Å². The molecule has 0 saturated heterocycles. The minimum Gasteiger partial charge on any atom is -0.465 e. The van der Waals surface area contributed by atoms with E-state index in [9.17, 15) is 4.79 Å². The van der Waals surface area contributed by atoms with Crippen LogP contribution in [0, 0.1) is 0 Å². The van der Waals surface area contributed by atoms with Crippen molar-refractivity contribution in [1.29, 1.82) is 0 Å². The van der Waals surface area contributed by atoms with Gasteiger partial charge in [-0.3, -0.25) is 14.8 Å². The quantitative estimate of drug-likeness (QED) is 0.848. The van der Waals surface area contributed by atoms with Gasteiger partial charge in [-0.15, -0.1) is 0 Å². The molecule has 2 atom stereocenters. The Balaban J connectivity index is 1.76. The molecular formula is C14H20ClN3O2. The number of nitrogens with one attached hydrogen (secondary N) is 1. The molecule has 2 fully saturated rings. The summed E-state index contributed by atoms with van der Waals surface area (Å²) in [4.78, 5) is 12.4. The molecule has 0 bridgehead atoms. The number of hydrogen-bond donors (Lipinski definition) is 1. The van der Waals surface area contributed by atoms with Crippen molar-refractivity contribution in [2.24, 2.45) is 0 Å². The summed E-state index contributed by atoms with van der Waals surface area (Å²) >= 11 is 5.93. The molecule has 0 aliphatic heterocycles. The topological polar surface area (TPSA) is 56.1 Å². The molecule has 0 aromatic carbocycles. The smallest absolute Gasteiger partial charge is 0.326 e. The van der Waals surface area contributed by atoms with Crippen molar-refractivity contribution in [2.45, 2.75) is 56.7 Å². The predicted octanol–water partition coefficient (Wildman–Crippen LogP) is 2.32. The largest absolute Gasteiger partial charge is 0.465 e. The molecule has 0 amide bonds. The Bertz CT molecular complexity index is 500. The van der Waals surface area contributed by atoms with Crippen molar-refractivity contribution in [3.05, 3.63) is 17.4 Å². The molecule has 0 radical (unpaired) electrons. The molecule has 110 valence electrons. The van der Waals surface area contributed by atoms with Crippen LogP contribution in [0.1, 0.15) is 45.1 Å². The van der Waals surface area contributed by atoms with Crippen LogP contribution in [0.5, 0.6) is 0 Å². The number of esters is 1. The molecular weight excluding hydrogens is 278 g/mol. The Morgan fingerprint density at radius 2 is 2.40 bits per heavy atom. The highest BCUT2D eigenvalue weighted by Gasteiger charge is 2.49. The highest BCUT2D eigenvalue weighted by molar-refractivity contribution is 6.30. The van der Waals surface area contributed by atoms with E-state index in [2.05, 4.69) is 10.4 Å². The highest BCUT2D eigenvalue weighted by Crippen LogP contribution is 2.40. The first-order valence-electron chi connectivity index (χ1n) is 7.27. The number of nitrogens with zero attached hydrogens (tertiary/aromatic N) is 2. The van der Waals surface area contributed by atoms with Gasteiger partial charge in [0.1, 0.15) is 5.54 Å². The van der Waals surface area contributed by atoms with E-state index in [-0.39, 0.29) is 12.0 Å². The Morgan fingerprint density at radius 3 is 3.00 bits per heavy atom. The normalized spacial score (nSPS) is 29.6. The second-order valence-electron chi connectivity index (χ2n) is 5.76. The third kappa shape index (κ3) is 2.69. The van der Waals surface area contributed by atoms with Crippen LogP contribution in [0.25, 0.3) is 0 Å². The Kier molecular flexibility index (Phi) is 3.73. The molecule has 2 unspecified atom stereocenters. The predicted molar refractivity (Wildman–Crippen MR) is 75.6 cm³/mol. The molecule has 1 aromatic heterocycles. The highest BCUT2D eigenvalue weighted by atomic mass is 35.5. The van der Waals surface area contributed by atoms with E-state index in [1.54, 1.807) is 6.20 Å². The lowest BCUT2D eigenvalue weighted by Crippen LogP contribution is -2.52. The summed E-state index contributed by atoms with van der Waals surface area (Å²) in [7, 11) is 0. The molecule has 2 aliphatic rings. The number of halogens is 1. The lowest BCUT2D eigenvalue weighted by atomic mass is 9.97. The van der Waals surface area contributed by atoms with Gasteiger partial charge in [-0.05, 0) is 39.0 Å². The van der Waals surface area contributed by atoms with E-state index in [1.807, 2.05) is 17.8 Å².